The number of likely N-dealkylation sites (tertiary alicyclic amines) is 1. The van der Waals surface area contributed by atoms with Gasteiger partial charge in [-0.15, -0.1) is 0 Å². The zero-order valence-corrected chi connectivity index (χ0v) is 15.2. The molecular weight excluding hydrogens is 362 g/mol. The molecule has 0 saturated carbocycles. The molecule has 1 heterocycles. The van der Waals surface area contributed by atoms with Crippen LogP contribution in [-0.2, 0) is 9.53 Å². The molecule has 1 aromatic rings. The fourth-order valence-corrected chi connectivity index (χ4v) is 2.79. The Kier molecular flexibility index (Phi) is 5.47. The molecule has 5 nitrogen and oxygen atoms in total. The van der Waals surface area contributed by atoms with Crippen molar-refractivity contribution >= 4 is 27.8 Å². The first kappa shape index (κ1) is 17.9. The van der Waals surface area contributed by atoms with Crippen molar-refractivity contribution in [2.75, 3.05) is 13.1 Å². The minimum atomic E-state index is -0.930. The summed E-state index contributed by atoms with van der Waals surface area (Å²) in [6.07, 6.45) is -1.14. The lowest BCUT2D eigenvalue weighted by Crippen LogP contribution is -2.47. The van der Waals surface area contributed by atoms with Crippen LogP contribution in [0.2, 0.25) is 0 Å². The zero-order valence-electron chi connectivity index (χ0n) is 13.6. The fourth-order valence-electron chi connectivity index (χ4n) is 2.52. The zero-order chi connectivity index (χ0) is 17.2. The highest BCUT2D eigenvalue weighted by molar-refractivity contribution is 9.10. The first-order valence-corrected chi connectivity index (χ1v) is 8.41. The first-order chi connectivity index (χ1) is 10.7. The van der Waals surface area contributed by atoms with Gasteiger partial charge in [-0.05, 0) is 38.5 Å². The van der Waals surface area contributed by atoms with E-state index in [-0.39, 0.29) is 18.7 Å². The number of aliphatic hydroxyl groups is 1. The number of nitrogens with zero attached hydrogens (tertiary/aromatic N) is 1. The second kappa shape index (κ2) is 7.01. The topological polar surface area (TPSA) is 66.8 Å². The number of hydrogen-bond donors (Lipinski definition) is 1. The molecule has 1 fully saturated rings. The number of halogens is 1. The van der Waals surface area contributed by atoms with Crippen LogP contribution in [0.3, 0.4) is 0 Å². The molecule has 1 aliphatic heterocycles. The van der Waals surface area contributed by atoms with Crippen molar-refractivity contribution in [1.82, 2.24) is 4.90 Å². The van der Waals surface area contributed by atoms with Gasteiger partial charge in [-0.1, -0.05) is 28.1 Å². The molecule has 2 rings (SSSR count). The summed E-state index contributed by atoms with van der Waals surface area (Å²) in [5.41, 5.74) is 0.0795. The average molecular weight is 384 g/mol. The third-order valence-corrected chi connectivity index (χ3v) is 4.23. The number of benzene rings is 1. The molecule has 1 aliphatic rings. The predicted molar refractivity (Wildman–Crippen MR) is 90.0 cm³/mol. The Labute approximate surface area is 144 Å². The quantitative estimate of drug-likeness (QED) is 0.850. The highest BCUT2D eigenvalue weighted by atomic mass is 79.9. The second-order valence-electron chi connectivity index (χ2n) is 6.75. The molecule has 6 heteroatoms. The van der Waals surface area contributed by atoms with Crippen LogP contribution in [0.1, 0.15) is 38.9 Å². The van der Waals surface area contributed by atoms with Gasteiger partial charge >= 0.3 is 6.09 Å². The van der Waals surface area contributed by atoms with Gasteiger partial charge in [-0.2, -0.15) is 0 Å². The minimum Gasteiger partial charge on any atom is -0.444 e. The van der Waals surface area contributed by atoms with E-state index in [4.69, 9.17) is 4.74 Å². The molecule has 1 N–H and O–H groups in total. The van der Waals surface area contributed by atoms with Gasteiger partial charge in [0.2, 0.25) is 0 Å². The molecule has 0 spiro atoms. The monoisotopic (exact) mass is 383 g/mol. The summed E-state index contributed by atoms with van der Waals surface area (Å²) < 4.78 is 6.25. The van der Waals surface area contributed by atoms with E-state index in [0.717, 1.165) is 4.47 Å². The lowest BCUT2D eigenvalue weighted by Gasteiger charge is -2.35. The number of rotatable bonds is 2. The molecular formula is C17H22BrNO4. The highest BCUT2D eigenvalue weighted by Gasteiger charge is 2.36. The largest absolute Gasteiger partial charge is 0.444 e. The molecule has 0 radical (unpaired) electrons. The Balaban J connectivity index is 2.10. The Morgan fingerprint density at radius 1 is 1.35 bits per heavy atom. The van der Waals surface area contributed by atoms with E-state index in [0.29, 0.717) is 12.1 Å². The number of ketones is 1. The molecule has 23 heavy (non-hydrogen) atoms. The van der Waals surface area contributed by atoms with Crippen LogP contribution in [0.4, 0.5) is 4.79 Å². The fraction of sp³-hybridized carbons (Fsp3) is 0.529. The molecule has 0 unspecified atom stereocenters. The van der Waals surface area contributed by atoms with Crippen LogP contribution in [0.25, 0.3) is 0 Å². The van der Waals surface area contributed by atoms with Gasteiger partial charge < -0.3 is 14.7 Å². The summed E-state index contributed by atoms with van der Waals surface area (Å²) in [5.74, 6) is -0.655. The van der Waals surface area contributed by atoms with Gasteiger partial charge in [0.05, 0.1) is 12.0 Å². The number of aliphatic hydroxyl groups excluding tert-OH is 1. The van der Waals surface area contributed by atoms with Crippen LogP contribution in [0.5, 0.6) is 0 Å². The number of hydrogen-bond acceptors (Lipinski definition) is 4. The third-order valence-electron chi connectivity index (χ3n) is 3.70. The number of carbonyl (C=O) groups is 2. The SMILES string of the molecule is CC(C)(C)OC(=O)N1CCC(=O)[C@@H]([C@H](O)c2ccc(Br)cc2)C1. The van der Waals surface area contributed by atoms with E-state index in [1.807, 2.05) is 12.1 Å². The number of amides is 1. The maximum atomic E-state index is 12.2. The lowest BCUT2D eigenvalue weighted by atomic mass is 9.87. The van der Waals surface area contributed by atoms with E-state index in [9.17, 15) is 14.7 Å². The Hall–Kier alpha value is -1.40. The number of Topliss-reactive ketones (excluding diaryl/α,β-unsaturated/α-hetero) is 1. The number of carbonyl (C=O) groups excluding carboxylic acids is 2. The molecule has 1 aromatic carbocycles. The van der Waals surface area contributed by atoms with Crippen molar-refractivity contribution in [3.63, 3.8) is 0 Å². The molecule has 0 aliphatic carbocycles. The summed E-state index contributed by atoms with van der Waals surface area (Å²) in [6.45, 7) is 5.90. The van der Waals surface area contributed by atoms with Crippen molar-refractivity contribution in [2.45, 2.75) is 38.9 Å². The van der Waals surface area contributed by atoms with E-state index >= 15 is 0 Å². The Bertz CT molecular complexity index is 579. The van der Waals surface area contributed by atoms with Crippen LogP contribution in [-0.4, -0.2) is 40.6 Å². The van der Waals surface area contributed by atoms with Gasteiger partial charge in [0, 0.05) is 24.0 Å². The third kappa shape index (κ3) is 4.78. The molecule has 0 bridgehead atoms. The summed E-state index contributed by atoms with van der Waals surface area (Å²) in [6, 6.07) is 7.18. The molecule has 126 valence electrons. The van der Waals surface area contributed by atoms with Crippen molar-refractivity contribution < 1.29 is 19.4 Å². The number of ether oxygens (including phenoxy) is 1. The molecule has 1 amide bonds. The van der Waals surface area contributed by atoms with Crippen molar-refractivity contribution in [3.05, 3.63) is 34.3 Å². The lowest BCUT2D eigenvalue weighted by molar-refractivity contribution is -0.130. The van der Waals surface area contributed by atoms with Crippen LogP contribution < -0.4 is 0 Å². The molecule has 1 saturated heterocycles. The van der Waals surface area contributed by atoms with Crippen LogP contribution >= 0.6 is 15.9 Å². The predicted octanol–water partition coefficient (Wildman–Crippen LogP) is 3.31. The average Bonchev–Trinajstić information content (AvgIpc) is 2.46. The van der Waals surface area contributed by atoms with E-state index in [2.05, 4.69) is 15.9 Å². The molecule has 0 aromatic heterocycles. The van der Waals surface area contributed by atoms with Gasteiger partial charge in [-0.3, -0.25) is 4.79 Å². The normalized spacial score (nSPS) is 20.3. The van der Waals surface area contributed by atoms with Crippen molar-refractivity contribution in [2.24, 2.45) is 5.92 Å². The maximum Gasteiger partial charge on any atom is 0.410 e. The minimum absolute atomic E-state index is 0.0276. The first-order valence-electron chi connectivity index (χ1n) is 7.61. The summed E-state index contributed by atoms with van der Waals surface area (Å²) in [5, 5.41) is 10.5. The summed E-state index contributed by atoms with van der Waals surface area (Å²) in [4.78, 5) is 25.9. The summed E-state index contributed by atoms with van der Waals surface area (Å²) >= 11 is 3.34. The highest BCUT2D eigenvalue weighted by Crippen LogP contribution is 2.29. The second-order valence-corrected chi connectivity index (χ2v) is 7.66. The Morgan fingerprint density at radius 3 is 2.52 bits per heavy atom. The van der Waals surface area contributed by atoms with E-state index in [1.165, 1.54) is 4.90 Å². The standard InChI is InChI=1S/C17H22BrNO4/c1-17(2,3)23-16(22)19-9-8-14(20)13(10-19)15(21)11-4-6-12(18)7-5-11/h4-7,13,15,21H,8-10H2,1-3H3/t13-,15+/m0/s1. The van der Waals surface area contributed by atoms with Gasteiger partial charge in [0.25, 0.3) is 0 Å². The maximum absolute atomic E-state index is 12.2. The van der Waals surface area contributed by atoms with Gasteiger partial charge in [0.1, 0.15) is 11.4 Å². The molecule has 2 atom stereocenters. The smallest absolute Gasteiger partial charge is 0.410 e. The van der Waals surface area contributed by atoms with Crippen LogP contribution in [0, 0.1) is 5.92 Å². The number of piperidine rings is 1. The van der Waals surface area contributed by atoms with E-state index in [1.54, 1.807) is 32.9 Å². The van der Waals surface area contributed by atoms with Crippen molar-refractivity contribution in [1.29, 1.82) is 0 Å². The van der Waals surface area contributed by atoms with Gasteiger partial charge in [0.15, 0.2) is 0 Å². The van der Waals surface area contributed by atoms with Crippen molar-refractivity contribution in [3.8, 4) is 0 Å². The Morgan fingerprint density at radius 2 is 1.96 bits per heavy atom. The van der Waals surface area contributed by atoms with Crippen LogP contribution in [0.15, 0.2) is 28.7 Å². The van der Waals surface area contributed by atoms with E-state index < -0.39 is 23.7 Å². The van der Waals surface area contributed by atoms with Gasteiger partial charge in [-0.25, -0.2) is 4.79 Å². The summed E-state index contributed by atoms with van der Waals surface area (Å²) in [7, 11) is 0.